The van der Waals surface area contributed by atoms with Crippen LogP contribution in [0.3, 0.4) is 0 Å². The number of nitrogens with zero attached hydrogens (tertiary/aromatic N) is 2. The van der Waals surface area contributed by atoms with Crippen LogP contribution in [0.1, 0.15) is 41.6 Å². The molecule has 29 heavy (non-hydrogen) atoms. The average molecular weight is 433 g/mol. The van der Waals surface area contributed by atoms with Crippen molar-refractivity contribution in [1.29, 1.82) is 0 Å². The number of fused-ring (bicyclic) bond motifs is 1. The summed E-state index contributed by atoms with van der Waals surface area (Å²) in [6.45, 7) is 2.33. The van der Waals surface area contributed by atoms with Crippen LogP contribution in [-0.2, 0) is 22.5 Å². The Morgan fingerprint density at radius 3 is 2.72 bits per heavy atom. The van der Waals surface area contributed by atoms with E-state index in [0.29, 0.717) is 21.5 Å². The molecule has 152 valence electrons. The minimum absolute atomic E-state index is 0.0210. The fourth-order valence-corrected chi connectivity index (χ4v) is 3.89. The Labute approximate surface area is 177 Å². The number of carbonyl (C=O) groups excluding carboxylic acids is 2. The third-order valence-electron chi connectivity index (χ3n) is 4.43. The number of halogens is 1. The minimum atomic E-state index is -0.546. The molecule has 2 aromatic heterocycles. The summed E-state index contributed by atoms with van der Waals surface area (Å²) >= 11 is 6.94. The first kappa shape index (κ1) is 21.2. The van der Waals surface area contributed by atoms with Gasteiger partial charge in [-0.1, -0.05) is 37.1 Å². The predicted octanol–water partition coefficient (Wildman–Crippen LogP) is 4.27. The second kappa shape index (κ2) is 9.80. The van der Waals surface area contributed by atoms with Gasteiger partial charge in [-0.3, -0.25) is 14.4 Å². The third-order valence-corrected chi connectivity index (χ3v) is 5.71. The number of ether oxygens (including phenoxy) is 1. The zero-order chi connectivity index (χ0) is 20.8. The average Bonchev–Trinajstić information content (AvgIpc) is 3.16. The van der Waals surface area contributed by atoms with Gasteiger partial charge in [-0.25, -0.2) is 4.98 Å². The Bertz CT molecular complexity index is 1090. The Morgan fingerprint density at radius 1 is 1.21 bits per heavy atom. The molecule has 0 aliphatic heterocycles. The normalized spacial score (nSPS) is 11.0. The van der Waals surface area contributed by atoms with Crippen molar-refractivity contribution in [2.45, 2.75) is 39.2 Å². The van der Waals surface area contributed by atoms with Gasteiger partial charge < -0.3 is 9.30 Å². The molecule has 0 aliphatic carbocycles. The SMILES string of the molecule is CCCCn1c(=O)c(CCC(=O)OCC(=O)c2ccc(Cl)s2)nc2ccccc21. The highest BCUT2D eigenvalue weighted by Gasteiger charge is 2.15. The summed E-state index contributed by atoms with van der Waals surface area (Å²) in [5, 5.41) is 0. The lowest BCUT2D eigenvalue weighted by molar-refractivity contribution is -0.142. The summed E-state index contributed by atoms with van der Waals surface area (Å²) in [6, 6.07) is 10.7. The van der Waals surface area contributed by atoms with Crippen molar-refractivity contribution < 1.29 is 14.3 Å². The molecule has 0 fully saturated rings. The predicted molar refractivity (Wildman–Crippen MR) is 114 cm³/mol. The smallest absolute Gasteiger partial charge is 0.306 e. The Kier molecular flexibility index (Phi) is 7.17. The van der Waals surface area contributed by atoms with E-state index in [1.54, 1.807) is 16.7 Å². The molecular formula is C21H21ClN2O4S. The number of benzene rings is 1. The number of Topliss-reactive ketones (excluding diaryl/α,β-unsaturated/α-hetero) is 1. The molecule has 8 heteroatoms. The molecule has 3 rings (SSSR count). The van der Waals surface area contributed by atoms with Crippen LogP contribution < -0.4 is 5.56 Å². The fraction of sp³-hybridized carbons (Fsp3) is 0.333. The van der Waals surface area contributed by atoms with E-state index in [1.807, 2.05) is 24.3 Å². The van der Waals surface area contributed by atoms with Crippen LogP contribution in [0.4, 0.5) is 0 Å². The highest BCUT2D eigenvalue weighted by Crippen LogP contribution is 2.21. The zero-order valence-electron chi connectivity index (χ0n) is 16.0. The van der Waals surface area contributed by atoms with Crippen LogP contribution in [0.15, 0.2) is 41.2 Å². The molecular weight excluding hydrogens is 412 g/mol. The number of hydrogen-bond acceptors (Lipinski definition) is 6. The van der Waals surface area contributed by atoms with Crippen molar-refractivity contribution in [1.82, 2.24) is 9.55 Å². The van der Waals surface area contributed by atoms with Crippen LogP contribution in [0.5, 0.6) is 0 Å². The van der Waals surface area contributed by atoms with Crippen LogP contribution in [-0.4, -0.2) is 27.9 Å². The monoisotopic (exact) mass is 432 g/mol. The van der Waals surface area contributed by atoms with Gasteiger partial charge in [0.05, 0.1) is 26.7 Å². The number of unbranched alkanes of at least 4 members (excludes halogenated alkanes) is 1. The Balaban J connectivity index is 1.66. The molecule has 3 aromatic rings. The summed E-state index contributed by atoms with van der Waals surface area (Å²) in [4.78, 5) is 41.8. The van der Waals surface area contributed by atoms with Crippen molar-refractivity contribution in [2.24, 2.45) is 0 Å². The van der Waals surface area contributed by atoms with Crippen molar-refractivity contribution in [2.75, 3.05) is 6.61 Å². The Hall–Kier alpha value is -2.51. The number of esters is 1. The van der Waals surface area contributed by atoms with E-state index >= 15 is 0 Å². The van der Waals surface area contributed by atoms with Gasteiger partial charge in [0.1, 0.15) is 5.69 Å². The van der Waals surface area contributed by atoms with Gasteiger partial charge in [-0.15, -0.1) is 11.3 Å². The van der Waals surface area contributed by atoms with Crippen LogP contribution >= 0.6 is 22.9 Å². The number of ketones is 1. The maximum atomic E-state index is 12.8. The largest absolute Gasteiger partial charge is 0.457 e. The molecule has 6 nitrogen and oxygen atoms in total. The number of carbonyl (C=O) groups is 2. The van der Waals surface area contributed by atoms with E-state index in [2.05, 4.69) is 11.9 Å². The van der Waals surface area contributed by atoms with Crippen LogP contribution in [0.2, 0.25) is 4.34 Å². The lowest BCUT2D eigenvalue weighted by Crippen LogP contribution is -2.26. The molecule has 1 aromatic carbocycles. The van der Waals surface area contributed by atoms with Crippen molar-refractivity contribution >= 4 is 45.7 Å². The summed E-state index contributed by atoms with van der Waals surface area (Å²) in [7, 11) is 0. The van der Waals surface area contributed by atoms with E-state index in [0.717, 1.165) is 35.2 Å². The lowest BCUT2D eigenvalue weighted by Gasteiger charge is -2.11. The fourth-order valence-electron chi connectivity index (χ4n) is 2.92. The number of aromatic nitrogens is 2. The molecule has 0 saturated carbocycles. The van der Waals surface area contributed by atoms with Crippen molar-refractivity contribution in [3.05, 3.63) is 61.7 Å². The Morgan fingerprint density at radius 2 is 2.00 bits per heavy atom. The summed E-state index contributed by atoms with van der Waals surface area (Å²) in [6.07, 6.45) is 1.99. The second-order valence-corrected chi connectivity index (χ2v) is 8.26. The second-order valence-electron chi connectivity index (χ2n) is 6.55. The third kappa shape index (κ3) is 5.31. The molecule has 0 N–H and O–H groups in total. The first-order valence-electron chi connectivity index (χ1n) is 9.42. The number of hydrogen-bond donors (Lipinski definition) is 0. The molecule has 0 spiro atoms. The molecule has 0 radical (unpaired) electrons. The van der Waals surface area contributed by atoms with Gasteiger partial charge in [0.15, 0.2) is 6.61 Å². The quantitative estimate of drug-likeness (QED) is 0.372. The number of aryl methyl sites for hydroxylation is 2. The van der Waals surface area contributed by atoms with E-state index in [-0.39, 0.29) is 30.8 Å². The minimum Gasteiger partial charge on any atom is -0.457 e. The topological polar surface area (TPSA) is 78.3 Å². The van der Waals surface area contributed by atoms with Gasteiger partial charge >= 0.3 is 5.97 Å². The van der Waals surface area contributed by atoms with Crippen molar-refractivity contribution in [3.63, 3.8) is 0 Å². The maximum absolute atomic E-state index is 12.8. The molecule has 0 amide bonds. The molecule has 2 heterocycles. The van der Waals surface area contributed by atoms with Crippen LogP contribution in [0, 0.1) is 0 Å². The highest BCUT2D eigenvalue weighted by atomic mass is 35.5. The van der Waals surface area contributed by atoms with Gasteiger partial charge in [0.2, 0.25) is 5.78 Å². The van der Waals surface area contributed by atoms with Crippen molar-refractivity contribution in [3.8, 4) is 0 Å². The van der Waals surface area contributed by atoms with Gasteiger partial charge in [-0.05, 0) is 30.7 Å². The summed E-state index contributed by atoms with van der Waals surface area (Å²) < 4.78 is 7.27. The van der Waals surface area contributed by atoms with E-state index in [1.165, 1.54) is 0 Å². The summed E-state index contributed by atoms with van der Waals surface area (Å²) in [5.74, 6) is -0.850. The van der Waals surface area contributed by atoms with E-state index in [4.69, 9.17) is 16.3 Å². The van der Waals surface area contributed by atoms with E-state index in [9.17, 15) is 14.4 Å². The zero-order valence-corrected chi connectivity index (χ0v) is 17.6. The molecule has 0 atom stereocenters. The van der Waals surface area contributed by atoms with Gasteiger partial charge in [0, 0.05) is 13.0 Å². The lowest BCUT2D eigenvalue weighted by atomic mass is 10.2. The number of thiophene rings is 1. The first-order chi connectivity index (χ1) is 14.0. The van der Waals surface area contributed by atoms with Gasteiger partial charge in [-0.2, -0.15) is 0 Å². The highest BCUT2D eigenvalue weighted by molar-refractivity contribution is 7.18. The van der Waals surface area contributed by atoms with E-state index < -0.39 is 5.97 Å². The standard InChI is InChI=1S/C21H21ClN2O4S/c1-2-3-12-24-16-7-5-4-6-14(16)23-15(21(24)27)8-11-20(26)28-13-17(25)18-9-10-19(22)29-18/h4-7,9-10H,2-3,8,11-13H2,1H3. The molecule has 0 unspecified atom stereocenters. The van der Waals surface area contributed by atoms with Gasteiger partial charge in [0.25, 0.3) is 5.56 Å². The molecule has 0 bridgehead atoms. The molecule has 0 aliphatic rings. The maximum Gasteiger partial charge on any atom is 0.306 e. The number of para-hydroxylation sites is 2. The summed E-state index contributed by atoms with van der Waals surface area (Å²) in [5.41, 5.74) is 1.65. The molecule has 0 saturated heterocycles. The number of rotatable bonds is 9. The first-order valence-corrected chi connectivity index (χ1v) is 10.6. The van der Waals surface area contributed by atoms with Crippen LogP contribution in [0.25, 0.3) is 11.0 Å².